The molecule has 1 atom stereocenters. The fourth-order valence-electron chi connectivity index (χ4n) is 3.49. The molecule has 0 radical (unpaired) electrons. The minimum Gasteiger partial charge on any atom is -0.496 e. The van der Waals surface area contributed by atoms with Crippen molar-refractivity contribution in [3.8, 4) is 11.5 Å². The number of carbonyl (C=O) groups excluding carboxylic acids is 1. The molecule has 1 aromatic rings. The lowest BCUT2D eigenvalue weighted by molar-refractivity contribution is -0.132. The Morgan fingerprint density at radius 1 is 1.28 bits per heavy atom. The number of hydrogen-bond donors (Lipinski definition) is 1. The van der Waals surface area contributed by atoms with Gasteiger partial charge in [-0.25, -0.2) is 0 Å². The van der Waals surface area contributed by atoms with Gasteiger partial charge >= 0.3 is 0 Å². The fourth-order valence-corrected chi connectivity index (χ4v) is 3.49. The SMILES string of the molecule is COc1ccc(OCC(=O)N2CCC(N3CCNCC3)C2)cc1C.Cl. The van der Waals surface area contributed by atoms with Crippen LogP contribution in [-0.2, 0) is 4.79 Å². The second kappa shape index (κ2) is 9.27. The Labute approximate surface area is 155 Å². The zero-order valence-corrected chi connectivity index (χ0v) is 15.8. The minimum atomic E-state index is 0. The zero-order chi connectivity index (χ0) is 16.9. The van der Waals surface area contributed by atoms with Gasteiger partial charge in [-0.3, -0.25) is 9.69 Å². The lowest BCUT2D eigenvalue weighted by Crippen LogP contribution is -2.49. The second-order valence-electron chi connectivity index (χ2n) is 6.49. The number of likely N-dealkylation sites (tertiary alicyclic amines) is 1. The maximum Gasteiger partial charge on any atom is 0.260 e. The van der Waals surface area contributed by atoms with Gasteiger partial charge in [-0.15, -0.1) is 12.4 Å². The predicted octanol–water partition coefficient (Wildman–Crippen LogP) is 1.31. The molecule has 2 fully saturated rings. The summed E-state index contributed by atoms with van der Waals surface area (Å²) in [6.45, 7) is 7.96. The molecule has 7 heteroatoms. The van der Waals surface area contributed by atoms with Crippen molar-refractivity contribution in [2.75, 3.05) is 53.0 Å². The normalized spacial score (nSPS) is 20.9. The molecule has 0 aliphatic carbocycles. The maximum absolute atomic E-state index is 12.4. The molecular weight excluding hydrogens is 342 g/mol. The molecular formula is C18H28ClN3O3. The van der Waals surface area contributed by atoms with Crippen LogP contribution in [0.15, 0.2) is 18.2 Å². The van der Waals surface area contributed by atoms with E-state index in [1.54, 1.807) is 7.11 Å². The number of benzene rings is 1. The van der Waals surface area contributed by atoms with Crippen molar-refractivity contribution in [2.45, 2.75) is 19.4 Å². The van der Waals surface area contributed by atoms with Crippen molar-refractivity contribution in [2.24, 2.45) is 0 Å². The number of piperazine rings is 1. The molecule has 140 valence electrons. The van der Waals surface area contributed by atoms with Crippen molar-refractivity contribution in [3.05, 3.63) is 23.8 Å². The van der Waals surface area contributed by atoms with Gasteiger partial charge in [0, 0.05) is 45.3 Å². The molecule has 0 aromatic heterocycles. The van der Waals surface area contributed by atoms with Gasteiger partial charge in [0.15, 0.2) is 6.61 Å². The molecule has 2 aliphatic heterocycles. The summed E-state index contributed by atoms with van der Waals surface area (Å²) in [5, 5.41) is 3.37. The van der Waals surface area contributed by atoms with Gasteiger partial charge in [-0.2, -0.15) is 0 Å². The van der Waals surface area contributed by atoms with Crippen LogP contribution < -0.4 is 14.8 Å². The average Bonchev–Trinajstić information content (AvgIpc) is 3.11. The van der Waals surface area contributed by atoms with E-state index in [9.17, 15) is 4.79 Å². The number of ether oxygens (including phenoxy) is 2. The van der Waals surface area contributed by atoms with Crippen LogP contribution in [0.5, 0.6) is 11.5 Å². The predicted molar refractivity (Wildman–Crippen MR) is 99.9 cm³/mol. The topological polar surface area (TPSA) is 54.0 Å². The first kappa shape index (κ1) is 19.8. The first-order valence-corrected chi connectivity index (χ1v) is 8.67. The van der Waals surface area contributed by atoms with Crippen LogP contribution in [0.2, 0.25) is 0 Å². The van der Waals surface area contributed by atoms with Crippen molar-refractivity contribution in [3.63, 3.8) is 0 Å². The van der Waals surface area contributed by atoms with Gasteiger partial charge < -0.3 is 19.7 Å². The Kier molecular flexibility index (Phi) is 7.35. The van der Waals surface area contributed by atoms with Gasteiger partial charge in [0.1, 0.15) is 11.5 Å². The monoisotopic (exact) mass is 369 g/mol. The van der Waals surface area contributed by atoms with Crippen LogP contribution >= 0.6 is 12.4 Å². The summed E-state index contributed by atoms with van der Waals surface area (Å²) in [4.78, 5) is 16.8. The van der Waals surface area contributed by atoms with E-state index in [2.05, 4.69) is 10.2 Å². The number of hydrogen-bond acceptors (Lipinski definition) is 5. The molecule has 0 bridgehead atoms. The quantitative estimate of drug-likeness (QED) is 0.848. The summed E-state index contributed by atoms with van der Waals surface area (Å²) in [7, 11) is 1.65. The van der Waals surface area contributed by atoms with E-state index in [4.69, 9.17) is 9.47 Å². The number of carbonyl (C=O) groups is 1. The Balaban J connectivity index is 0.00000225. The summed E-state index contributed by atoms with van der Waals surface area (Å²) in [6.07, 6.45) is 1.06. The average molecular weight is 370 g/mol. The third-order valence-corrected chi connectivity index (χ3v) is 4.91. The van der Waals surface area contributed by atoms with Crippen molar-refractivity contribution in [1.82, 2.24) is 15.1 Å². The lowest BCUT2D eigenvalue weighted by Gasteiger charge is -2.32. The fraction of sp³-hybridized carbons (Fsp3) is 0.611. The number of rotatable bonds is 5. The van der Waals surface area contributed by atoms with Crippen LogP contribution in [0, 0.1) is 6.92 Å². The van der Waals surface area contributed by atoms with Gasteiger partial charge in [-0.1, -0.05) is 0 Å². The number of nitrogens with zero attached hydrogens (tertiary/aromatic N) is 2. The summed E-state index contributed by atoms with van der Waals surface area (Å²) in [5.41, 5.74) is 1.00. The number of aryl methyl sites for hydroxylation is 1. The Morgan fingerprint density at radius 3 is 2.72 bits per heavy atom. The molecule has 2 saturated heterocycles. The highest BCUT2D eigenvalue weighted by Crippen LogP contribution is 2.23. The smallest absolute Gasteiger partial charge is 0.260 e. The first-order chi connectivity index (χ1) is 11.7. The highest BCUT2D eigenvalue weighted by atomic mass is 35.5. The highest BCUT2D eigenvalue weighted by Gasteiger charge is 2.30. The van der Waals surface area contributed by atoms with E-state index < -0.39 is 0 Å². The molecule has 3 rings (SSSR count). The molecule has 6 nitrogen and oxygen atoms in total. The zero-order valence-electron chi connectivity index (χ0n) is 15.0. The van der Waals surface area contributed by atoms with Gasteiger partial charge in [0.05, 0.1) is 7.11 Å². The first-order valence-electron chi connectivity index (χ1n) is 8.67. The summed E-state index contributed by atoms with van der Waals surface area (Å²) in [6, 6.07) is 6.11. The molecule has 0 saturated carbocycles. The Morgan fingerprint density at radius 2 is 2.04 bits per heavy atom. The highest BCUT2D eigenvalue weighted by molar-refractivity contribution is 5.85. The van der Waals surface area contributed by atoms with Crippen LogP contribution in [0.4, 0.5) is 0 Å². The molecule has 2 heterocycles. The van der Waals surface area contributed by atoms with E-state index in [0.717, 1.165) is 57.0 Å². The summed E-state index contributed by atoms with van der Waals surface area (Å²) >= 11 is 0. The van der Waals surface area contributed by atoms with Gasteiger partial charge in [0.25, 0.3) is 5.91 Å². The molecule has 1 N–H and O–H groups in total. The molecule has 1 aromatic carbocycles. The molecule has 0 spiro atoms. The Bertz CT molecular complexity index is 579. The van der Waals surface area contributed by atoms with E-state index >= 15 is 0 Å². The van der Waals surface area contributed by atoms with Crippen LogP contribution in [-0.4, -0.2) is 74.7 Å². The Hall–Kier alpha value is -1.50. The second-order valence-corrected chi connectivity index (χ2v) is 6.49. The lowest BCUT2D eigenvalue weighted by atomic mass is 10.2. The summed E-state index contributed by atoms with van der Waals surface area (Å²) in [5.74, 6) is 1.60. The molecule has 1 unspecified atom stereocenters. The van der Waals surface area contributed by atoms with E-state index in [-0.39, 0.29) is 24.9 Å². The third kappa shape index (κ3) is 5.00. The third-order valence-electron chi connectivity index (χ3n) is 4.91. The number of nitrogens with one attached hydrogen (secondary N) is 1. The number of methoxy groups -OCH3 is 1. The van der Waals surface area contributed by atoms with Crippen molar-refractivity contribution < 1.29 is 14.3 Å². The van der Waals surface area contributed by atoms with Crippen LogP contribution in [0.1, 0.15) is 12.0 Å². The maximum atomic E-state index is 12.4. The van der Waals surface area contributed by atoms with E-state index in [1.165, 1.54) is 0 Å². The van der Waals surface area contributed by atoms with Crippen molar-refractivity contribution >= 4 is 18.3 Å². The van der Waals surface area contributed by atoms with E-state index in [0.29, 0.717) is 11.8 Å². The standard InChI is InChI=1S/C18H27N3O3.ClH/c1-14-11-16(3-4-17(14)23-2)24-13-18(22)21-8-5-15(12-21)20-9-6-19-7-10-20;/h3-4,11,15,19H,5-10,12-13H2,1-2H3;1H. The minimum absolute atomic E-state index is 0. The molecule has 25 heavy (non-hydrogen) atoms. The summed E-state index contributed by atoms with van der Waals surface area (Å²) < 4.78 is 10.9. The van der Waals surface area contributed by atoms with Crippen LogP contribution in [0.25, 0.3) is 0 Å². The van der Waals surface area contributed by atoms with Crippen molar-refractivity contribution in [1.29, 1.82) is 0 Å². The number of amides is 1. The number of halogens is 1. The van der Waals surface area contributed by atoms with Crippen LogP contribution in [0.3, 0.4) is 0 Å². The van der Waals surface area contributed by atoms with Gasteiger partial charge in [-0.05, 0) is 37.1 Å². The van der Waals surface area contributed by atoms with Gasteiger partial charge in [0.2, 0.25) is 0 Å². The molecule has 1 amide bonds. The largest absolute Gasteiger partial charge is 0.496 e. The molecule has 2 aliphatic rings. The van der Waals surface area contributed by atoms with E-state index in [1.807, 2.05) is 30.0 Å².